The topological polar surface area (TPSA) is 120 Å². The minimum atomic E-state index is -0.719. The van der Waals surface area contributed by atoms with E-state index >= 15 is 0 Å². The number of ether oxygens (including phenoxy) is 1. The highest BCUT2D eigenvalue weighted by molar-refractivity contribution is 7.07. The van der Waals surface area contributed by atoms with E-state index in [0.717, 1.165) is 11.3 Å². The molecule has 0 saturated carbocycles. The summed E-state index contributed by atoms with van der Waals surface area (Å²) in [5.74, 6) is 0.335. The Morgan fingerprint density at radius 2 is 1.90 bits per heavy atom. The Kier molecular flexibility index (Phi) is 7.46. The summed E-state index contributed by atoms with van der Waals surface area (Å²) in [6.07, 6.45) is 1.62. The number of furan rings is 1. The Morgan fingerprint density at radius 1 is 1.17 bits per heavy atom. The van der Waals surface area contributed by atoms with Crippen LogP contribution in [0.5, 0.6) is 0 Å². The average Bonchev–Trinajstić information content (AvgIpc) is 3.52. The average molecular weight is 573 g/mol. The monoisotopic (exact) mass is 572 g/mol. The van der Waals surface area contributed by atoms with Crippen molar-refractivity contribution in [1.29, 1.82) is 0 Å². The van der Waals surface area contributed by atoms with Gasteiger partial charge in [0.15, 0.2) is 4.80 Å². The molecule has 10 nitrogen and oxygen atoms in total. The molecule has 0 N–H and O–H groups in total. The first-order valence-electron chi connectivity index (χ1n) is 12.9. The second-order valence-electron chi connectivity index (χ2n) is 9.70. The molecule has 0 fully saturated rings. The normalized spacial score (nSPS) is 15.0. The third-order valence-corrected chi connectivity index (χ3v) is 7.89. The Bertz CT molecular complexity index is 1880. The van der Waals surface area contributed by atoms with Crippen LogP contribution in [0.3, 0.4) is 0 Å². The van der Waals surface area contributed by atoms with Gasteiger partial charge in [-0.2, -0.15) is 0 Å². The summed E-state index contributed by atoms with van der Waals surface area (Å²) in [4.78, 5) is 44.9. The molecule has 0 saturated heterocycles. The molecule has 1 aliphatic heterocycles. The molecular formula is C30H28N4O6S. The van der Waals surface area contributed by atoms with Crippen LogP contribution in [-0.4, -0.2) is 36.2 Å². The lowest BCUT2D eigenvalue weighted by Gasteiger charge is -2.25. The third kappa shape index (κ3) is 5.11. The molecule has 0 spiro atoms. The molecular weight excluding hydrogens is 544 g/mol. The molecule has 0 unspecified atom stereocenters. The number of esters is 1. The van der Waals surface area contributed by atoms with Gasteiger partial charge in [-0.3, -0.25) is 19.5 Å². The first-order valence-corrected chi connectivity index (χ1v) is 13.7. The number of nitrogens with zero attached hydrogens (tertiary/aromatic N) is 4. The second kappa shape index (κ2) is 11.0. The number of allylic oxidation sites excluding steroid dienone is 1. The molecule has 0 radical (unpaired) electrons. The lowest BCUT2D eigenvalue weighted by Crippen LogP contribution is -2.39. The number of hydrogen-bond acceptors (Lipinski definition) is 9. The number of anilines is 1. The van der Waals surface area contributed by atoms with Gasteiger partial charge in [0, 0.05) is 43.1 Å². The van der Waals surface area contributed by atoms with Crippen molar-refractivity contribution >= 4 is 34.8 Å². The second-order valence-corrected chi connectivity index (χ2v) is 10.7. The van der Waals surface area contributed by atoms with Crippen LogP contribution in [0.1, 0.15) is 36.8 Å². The summed E-state index contributed by atoms with van der Waals surface area (Å²) in [6.45, 7) is 5.33. The Hall–Kier alpha value is -4.77. The molecule has 5 rings (SSSR count). The molecule has 2 aromatic heterocycles. The first-order chi connectivity index (χ1) is 19.6. The molecule has 0 amide bonds. The molecule has 4 aromatic rings. The SMILES string of the molecule is CCOC(=O)C1=C(C)N=c2s/c(=C\c3ccc(-c4cccc([N+](=O)[O-])c4C)o3)c(=O)n2[C@H]1c1ccc(N(C)C)cc1. The maximum absolute atomic E-state index is 13.8. The number of benzene rings is 2. The number of carbonyl (C=O) groups excluding carboxylic acids is 1. The Labute approximate surface area is 239 Å². The van der Waals surface area contributed by atoms with Crippen molar-refractivity contribution in [2.24, 2.45) is 4.99 Å². The maximum atomic E-state index is 13.8. The van der Waals surface area contributed by atoms with Gasteiger partial charge in [-0.15, -0.1) is 0 Å². The maximum Gasteiger partial charge on any atom is 0.338 e. The van der Waals surface area contributed by atoms with Crippen LogP contribution in [0.15, 0.2) is 80.1 Å². The number of aromatic nitrogens is 1. The lowest BCUT2D eigenvalue weighted by atomic mass is 9.95. The van der Waals surface area contributed by atoms with Gasteiger partial charge in [0.25, 0.3) is 11.2 Å². The Morgan fingerprint density at radius 3 is 2.56 bits per heavy atom. The van der Waals surface area contributed by atoms with Crippen LogP contribution in [0.2, 0.25) is 0 Å². The zero-order valence-corrected chi connectivity index (χ0v) is 24.0. The van der Waals surface area contributed by atoms with Gasteiger partial charge < -0.3 is 14.1 Å². The summed E-state index contributed by atoms with van der Waals surface area (Å²) in [5, 5.41) is 11.4. The van der Waals surface area contributed by atoms with Crippen LogP contribution in [0, 0.1) is 17.0 Å². The molecule has 0 aliphatic carbocycles. The van der Waals surface area contributed by atoms with Gasteiger partial charge in [-0.05, 0) is 50.6 Å². The smallest absolute Gasteiger partial charge is 0.338 e. The van der Waals surface area contributed by atoms with Crippen molar-refractivity contribution in [3.63, 3.8) is 0 Å². The molecule has 11 heteroatoms. The van der Waals surface area contributed by atoms with Crippen molar-refractivity contribution in [1.82, 2.24) is 4.57 Å². The van der Waals surface area contributed by atoms with E-state index in [1.807, 2.05) is 43.3 Å². The molecule has 1 aliphatic rings. The fourth-order valence-corrected chi connectivity index (χ4v) is 5.88. The number of nitro benzene ring substituents is 1. The quantitative estimate of drug-likeness (QED) is 0.184. The highest BCUT2D eigenvalue weighted by Gasteiger charge is 2.33. The third-order valence-electron chi connectivity index (χ3n) is 6.91. The molecule has 41 heavy (non-hydrogen) atoms. The van der Waals surface area contributed by atoms with E-state index < -0.39 is 16.9 Å². The van der Waals surface area contributed by atoms with Gasteiger partial charge in [-0.25, -0.2) is 9.79 Å². The van der Waals surface area contributed by atoms with Gasteiger partial charge in [-0.1, -0.05) is 35.6 Å². The number of nitro groups is 1. The molecule has 3 heterocycles. The van der Waals surface area contributed by atoms with E-state index in [9.17, 15) is 19.7 Å². The molecule has 210 valence electrons. The van der Waals surface area contributed by atoms with Gasteiger partial charge in [0.2, 0.25) is 0 Å². The van der Waals surface area contributed by atoms with Crippen LogP contribution in [0.4, 0.5) is 11.4 Å². The van der Waals surface area contributed by atoms with E-state index in [1.54, 1.807) is 51.1 Å². The predicted octanol–water partition coefficient (Wildman–Crippen LogP) is 4.34. The van der Waals surface area contributed by atoms with Crippen molar-refractivity contribution < 1.29 is 18.9 Å². The Balaban J connectivity index is 1.62. The van der Waals surface area contributed by atoms with E-state index in [-0.39, 0.29) is 17.9 Å². The van der Waals surface area contributed by atoms with E-state index in [0.29, 0.717) is 43.3 Å². The number of thiazole rings is 1. The minimum absolute atomic E-state index is 0.000137. The standard InChI is InChI=1S/C30H28N4O6S/c1-6-39-29(36)26-18(3)31-30-33(27(26)19-10-12-20(13-11-19)32(4)5)28(35)25(41-30)16-21-14-15-24(40-21)22-8-7-9-23(17(22)2)34(37)38/h7-16,27H,6H2,1-5H3/b25-16-/t27-/m0/s1. The zero-order valence-electron chi connectivity index (χ0n) is 23.2. The van der Waals surface area contributed by atoms with Crippen LogP contribution in [0.25, 0.3) is 17.4 Å². The van der Waals surface area contributed by atoms with E-state index in [4.69, 9.17) is 9.15 Å². The molecule has 0 bridgehead atoms. The van der Waals surface area contributed by atoms with Crippen molar-refractivity contribution in [3.8, 4) is 11.3 Å². The lowest BCUT2D eigenvalue weighted by molar-refractivity contribution is -0.385. The van der Waals surface area contributed by atoms with E-state index in [2.05, 4.69) is 4.99 Å². The predicted molar refractivity (Wildman–Crippen MR) is 157 cm³/mol. The van der Waals surface area contributed by atoms with Crippen molar-refractivity contribution in [2.75, 3.05) is 25.6 Å². The number of carbonyl (C=O) groups is 1. The highest BCUT2D eigenvalue weighted by atomic mass is 32.1. The summed E-state index contributed by atoms with van der Waals surface area (Å²) in [7, 11) is 3.87. The van der Waals surface area contributed by atoms with Gasteiger partial charge in [0.1, 0.15) is 11.5 Å². The fourth-order valence-electron chi connectivity index (χ4n) is 4.85. The van der Waals surface area contributed by atoms with Crippen molar-refractivity contribution in [2.45, 2.75) is 26.8 Å². The zero-order chi connectivity index (χ0) is 29.4. The largest absolute Gasteiger partial charge is 0.463 e. The first kappa shape index (κ1) is 27.8. The van der Waals surface area contributed by atoms with E-state index in [1.165, 1.54) is 22.0 Å². The molecule has 1 atom stereocenters. The van der Waals surface area contributed by atoms with Crippen LogP contribution in [-0.2, 0) is 9.53 Å². The number of rotatable bonds is 7. The number of fused-ring (bicyclic) bond motifs is 1. The van der Waals surface area contributed by atoms with Crippen LogP contribution >= 0.6 is 11.3 Å². The minimum Gasteiger partial charge on any atom is -0.463 e. The summed E-state index contributed by atoms with van der Waals surface area (Å²) in [6, 6.07) is 15.2. The van der Waals surface area contributed by atoms with Gasteiger partial charge >= 0.3 is 5.97 Å². The molecule has 2 aromatic carbocycles. The van der Waals surface area contributed by atoms with Crippen molar-refractivity contribution in [3.05, 3.63) is 113 Å². The summed E-state index contributed by atoms with van der Waals surface area (Å²) >= 11 is 1.19. The summed E-state index contributed by atoms with van der Waals surface area (Å²) < 4.78 is 13.2. The summed E-state index contributed by atoms with van der Waals surface area (Å²) in [5.41, 5.74) is 3.28. The highest BCUT2D eigenvalue weighted by Crippen LogP contribution is 2.33. The van der Waals surface area contributed by atoms with Crippen LogP contribution < -0.4 is 19.8 Å². The number of hydrogen-bond donors (Lipinski definition) is 0. The van der Waals surface area contributed by atoms with Gasteiger partial charge in [0.05, 0.1) is 33.4 Å². The fraction of sp³-hybridized carbons (Fsp3) is 0.233.